The predicted molar refractivity (Wildman–Crippen MR) is 102 cm³/mol. The summed E-state index contributed by atoms with van der Waals surface area (Å²) in [4.78, 5) is 0. The van der Waals surface area contributed by atoms with E-state index in [4.69, 9.17) is 0 Å². The third-order valence-corrected chi connectivity index (χ3v) is 6.05. The van der Waals surface area contributed by atoms with Crippen LogP contribution in [0.2, 0.25) is 0 Å². The molecule has 0 radical (unpaired) electrons. The number of benzene rings is 4. The largest absolute Gasteiger partial charge is 0.135 e. The van der Waals surface area contributed by atoms with E-state index in [-0.39, 0.29) is 0 Å². The van der Waals surface area contributed by atoms with Crippen molar-refractivity contribution in [3.63, 3.8) is 0 Å². The van der Waals surface area contributed by atoms with Gasteiger partial charge in [-0.05, 0) is 39.7 Å². The molecule has 1 heterocycles. The van der Waals surface area contributed by atoms with Crippen LogP contribution in [0.1, 0.15) is 0 Å². The van der Waals surface area contributed by atoms with Gasteiger partial charge < -0.3 is 0 Å². The fraction of sp³-hybridized carbons (Fsp3) is 0. The highest BCUT2D eigenvalue weighted by molar-refractivity contribution is 9.10. The van der Waals surface area contributed by atoms with Crippen molar-refractivity contribution in [2.75, 3.05) is 0 Å². The minimum Gasteiger partial charge on any atom is -0.135 e. The van der Waals surface area contributed by atoms with Crippen LogP contribution in [-0.4, -0.2) is 0 Å². The van der Waals surface area contributed by atoms with E-state index in [9.17, 15) is 0 Å². The smallest absolute Gasteiger partial charge is 0.0373 e. The van der Waals surface area contributed by atoms with E-state index in [1.807, 2.05) is 11.3 Å². The Labute approximate surface area is 140 Å². The Hall–Kier alpha value is -1.90. The molecule has 0 spiro atoms. The standard InChI is InChI=1S/C20H11BrS/c21-17-11-19-20(15-8-4-3-7-14(15)17)16-9-12-5-1-2-6-13(12)10-18(16)22-19/h1-11H. The Morgan fingerprint density at radius 1 is 0.636 bits per heavy atom. The van der Waals surface area contributed by atoms with E-state index in [1.165, 1.54) is 46.2 Å². The van der Waals surface area contributed by atoms with Crippen LogP contribution in [0.15, 0.2) is 71.2 Å². The van der Waals surface area contributed by atoms with Gasteiger partial charge in [-0.1, -0.05) is 64.5 Å². The van der Waals surface area contributed by atoms with Gasteiger partial charge in [0, 0.05) is 24.6 Å². The van der Waals surface area contributed by atoms with Crippen LogP contribution in [0.25, 0.3) is 41.7 Å². The Bertz CT molecular complexity index is 1180. The van der Waals surface area contributed by atoms with Crippen molar-refractivity contribution < 1.29 is 0 Å². The van der Waals surface area contributed by atoms with Crippen LogP contribution in [0.4, 0.5) is 0 Å². The molecule has 0 N–H and O–H groups in total. The second-order valence-corrected chi connectivity index (χ2v) is 7.51. The maximum absolute atomic E-state index is 3.73. The van der Waals surface area contributed by atoms with Crippen molar-refractivity contribution >= 4 is 69.0 Å². The number of thiophene rings is 1. The molecule has 0 unspecified atom stereocenters. The van der Waals surface area contributed by atoms with E-state index >= 15 is 0 Å². The highest BCUT2D eigenvalue weighted by atomic mass is 79.9. The van der Waals surface area contributed by atoms with Crippen LogP contribution >= 0.6 is 27.3 Å². The molecule has 0 aliphatic carbocycles. The molecule has 0 saturated carbocycles. The summed E-state index contributed by atoms with van der Waals surface area (Å²) < 4.78 is 3.87. The Kier molecular flexibility index (Phi) is 2.61. The molecule has 0 aliphatic rings. The van der Waals surface area contributed by atoms with E-state index in [1.54, 1.807) is 0 Å². The molecule has 1 aromatic heterocycles. The van der Waals surface area contributed by atoms with Gasteiger partial charge in [0.2, 0.25) is 0 Å². The number of fused-ring (bicyclic) bond motifs is 6. The first kappa shape index (κ1) is 12.6. The summed E-state index contributed by atoms with van der Waals surface area (Å²) in [7, 11) is 0. The van der Waals surface area contributed by atoms with Crippen molar-refractivity contribution in [1.29, 1.82) is 0 Å². The van der Waals surface area contributed by atoms with Gasteiger partial charge in [-0.2, -0.15) is 0 Å². The topological polar surface area (TPSA) is 0 Å². The Balaban J connectivity index is 2.09. The summed E-state index contributed by atoms with van der Waals surface area (Å²) in [6.45, 7) is 0. The first-order valence-electron chi connectivity index (χ1n) is 7.23. The summed E-state index contributed by atoms with van der Waals surface area (Å²) in [6.07, 6.45) is 0. The molecular weight excluding hydrogens is 352 g/mol. The Morgan fingerprint density at radius 2 is 1.32 bits per heavy atom. The molecule has 22 heavy (non-hydrogen) atoms. The molecule has 0 aliphatic heterocycles. The number of hydrogen-bond acceptors (Lipinski definition) is 1. The van der Waals surface area contributed by atoms with Crippen molar-refractivity contribution in [1.82, 2.24) is 0 Å². The first-order valence-corrected chi connectivity index (χ1v) is 8.84. The van der Waals surface area contributed by atoms with Crippen molar-refractivity contribution in [3.8, 4) is 0 Å². The highest BCUT2D eigenvalue weighted by Crippen LogP contribution is 2.42. The van der Waals surface area contributed by atoms with E-state index < -0.39 is 0 Å². The normalized spacial score (nSPS) is 11.9. The van der Waals surface area contributed by atoms with Gasteiger partial charge in [-0.15, -0.1) is 11.3 Å². The van der Waals surface area contributed by atoms with E-state index in [0.29, 0.717) is 0 Å². The molecule has 2 heteroatoms. The maximum atomic E-state index is 3.73. The van der Waals surface area contributed by atoms with Crippen LogP contribution in [-0.2, 0) is 0 Å². The highest BCUT2D eigenvalue weighted by Gasteiger charge is 2.11. The van der Waals surface area contributed by atoms with Gasteiger partial charge >= 0.3 is 0 Å². The molecule has 0 amide bonds. The molecule has 0 saturated heterocycles. The zero-order valence-corrected chi connectivity index (χ0v) is 14.0. The molecule has 5 rings (SSSR count). The summed E-state index contributed by atoms with van der Waals surface area (Å²) in [5, 5.41) is 7.97. The van der Waals surface area contributed by atoms with E-state index in [2.05, 4.69) is 82.7 Å². The fourth-order valence-corrected chi connectivity index (χ4v) is 5.20. The number of hydrogen-bond donors (Lipinski definition) is 0. The second kappa shape index (κ2) is 4.55. The number of halogens is 1. The maximum Gasteiger partial charge on any atom is 0.0373 e. The lowest BCUT2D eigenvalue weighted by molar-refractivity contribution is 1.78. The van der Waals surface area contributed by atoms with E-state index in [0.717, 1.165) is 0 Å². The lowest BCUT2D eigenvalue weighted by Gasteiger charge is -2.03. The third-order valence-electron chi connectivity index (χ3n) is 4.30. The van der Waals surface area contributed by atoms with Crippen molar-refractivity contribution in [2.24, 2.45) is 0 Å². The van der Waals surface area contributed by atoms with Crippen LogP contribution in [0.3, 0.4) is 0 Å². The van der Waals surface area contributed by atoms with Gasteiger partial charge in [-0.25, -0.2) is 0 Å². The van der Waals surface area contributed by atoms with Gasteiger partial charge in [0.25, 0.3) is 0 Å². The van der Waals surface area contributed by atoms with Gasteiger partial charge in [0.05, 0.1) is 0 Å². The summed E-state index contributed by atoms with van der Waals surface area (Å²) in [6, 6.07) is 24.1. The molecule has 4 aromatic carbocycles. The molecule has 0 fully saturated rings. The Morgan fingerprint density at radius 3 is 2.14 bits per heavy atom. The average molecular weight is 363 g/mol. The third kappa shape index (κ3) is 1.68. The summed E-state index contributed by atoms with van der Waals surface area (Å²) in [5.41, 5.74) is 0. The lowest BCUT2D eigenvalue weighted by atomic mass is 10.0. The van der Waals surface area contributed by atoms with Crippen molar-refractivity contribution in [3.05, 3.63) is 71.2 Å². The van der Waals surface area contributed by atoms with Crippen molar-refractivity contribution in [2.45, 2.75) is 0 Å². The van der Waals surface area contributed by atoms with Crippen LogP contribution in [0, 0.1) is 0 Å². The van der Waals surface area contributed by atoms with Gasteiger partial charge in [0.1, 0.15) is 0 Å². The molecule has 104 valence electrons. The molecular formula is C20H11BrS. The first-order chi connectivity index (χ1) is 10.8. The zero-order valence-electron chi connectivity index (χ0n) is 11.6. The van der Waals surface area contributed by atoms with Gasteiger partial charge in [-0.3, -0.25) is 0 Å². The SMILES string of the molecule is Brc1cc2sc3cc4ccccc4cc3c2c2ccccc12. The zero-order chi connectivity index (χ0) is 14.7. The molecule has 0 bridgehead atoms. The monoisotopic (exact) mass is 362 g/mol. The number of rotatable bonds is 0. The average Bonchev–Trinajstić information content (AvgIpc) is 2.90. The molecule has 5 aromatic rings. The molecule has 0 atom stereocenters. The minimum absolute atomic E-state index is 1.17. The quantitative estimate of drug-likeness (QED) is 0.275. The predicted octanol–water partition coefficient (Wildman–Crippen LogP) is 7.12. The second-order valence-electron chi connectivity index (χ2n) is 5.57. The minimum atomic E-state index is 1.17. The van der Waals surface area contributed by atoms with Gasteiger partial charge in [0.15, 0.2) is 0 Å². The van der Waals surface area contributed by atoms with Crippen LogP contribution < -0.4 is 0 Å². The lowest BCUT2D eigenvalue weighted by Crippen LogP contribution is -1.77. The summed E-state index contributed by atoms with van der Waals surface area (Å²) >= 11 is 5.60. The fourth-order valence-electron chi connectivity index (χ4n) is 3.28. The molecule has 0 nitrogen and oxygen atoms in total. The van der Waals surface area contributed by atoms with Crippen LogP contribution in [0.5, 0.6) is 0 Å². The summed E-state index contributed by atoms with van der Waals surface area (Å²) in [5.74, 6) is 0.